The molecule has 0 bridgehead atoms. The Morgan fingerprint density at radius 1 is 1.16 bits per heavy atom. The highest BCUT2D eigenvalue weighted by atomic mass is 79.9. The normalized spacial score (nSPS) is 20.4. The SMILES string of the molecule is NC1=NC2(CCCCC2)N(c2c(Cl)cc(C(F)(F)F)cc2Br)C(N)=N1. The van der Waals surface area contributed by atoms with Crippen LogP contribution in [0.15, 0.2) is 26.6 Å². The van der Waals surface area contributed by atoms with Crippen molar-refractivity contribution in [3.05, 3.63) is 27.2 Å². The fourth-order valence-electron chi connectivity index (χ4n) is 3.39. The van der Waals surface area contributed by atoms with Crippen molar-refractivity contribution in [2.24, 2.45) is 21.5 Å². The Hall–Kier alpha value is -1.48. The van der Waals surface area contributed by atoms with Crippen molar-refractivity contribution in [2.75, 3.05) is 4.90 Å². The molecule has 0 atom stereocenters. The molecule has 3 rings (SSSR count). The molecule has 1 spiro atoms. The number of rotatable bonds is 1. The van der Waals surface area contributed by atoms with Crippen LogP contribution in [-0.2, 0) is 6.18 Å². The summed E-state index contributed by atoms with van der Waals surface area (Å²) >= 11 is 9.42. The van der Waals surface area contributed by atoms with Gasteiger partial charge >= 0.3 is 6.18 Å². The van der Waals surface area contributed by atoms with Gasteiger partial charge < -0.3 is 11.5 Å². The Kier molecular flexibility index (Phi) is 4.65. The summed E-state index contributed by atoms with van der Waals surface area (Å²) in [4.78, 5) is 10.1. The number of hydrogen-bond donors (Lipinski definition) is 2. The van der Waals surface area contributed by atoms with E-state index in [0.717, 1.165) is 31.4 Å². The molecule has 0 saturated heterocycles. The third kappa shape index (κ3) is 3.31. The van der Waals surface area contributed by atoms with Crippen molar-refractivity contribution in [3.8, 4) is 0 Å². The molecule has 1 fully saturated rings. The first-order chi connectivity index (χ1) is 11.6. The second-order valence-corrected chi connectivity index (χ2v) is 7.37. The molecule has 4 N–H and O–H groups in total. The Morgan fingerprint density at radius 2 is 1.80 bits per heavy atom. The summed E-state index contributed by atoms with van der Waals surface area (Å²) < 4.78 is 39.2. The average Bonchev–Trinajstić information content (AvgIpc) is 2.49. The Bertz CT molecular complexity index is 733. The highest BCUT2D eigenvalue weighted by Crippen LogP contribution is 2.46. The summed E-state index contributed by atoms with van der Waals surface area (Å²) in [5.74, 6) is 0.131. The van der Waals surface area contributed by atoms with E-state index in [1.54, 1.807) is 4.90 Å². The van der Waals surface area contributed by atoms with Crippen molar-refractivity contribution in [1.82, 2.24) is 0 Å². The van der Waals surface area contributed by atoms with Gasteiger partial charge in [0, 0.05) is 4.47 Å². The van der Waals surface area contributed by atoms with Crippen molar-refractivity contribution >= 4 is 45.1 Å². The Labute approximate surface area is 156 Å². The molecule has 2 aliphatic rings. The van der Waals surface area contributed by atoms with Crippen LogP contribution in [0, 0.1) is 0 Å². The molecular weight excluding hydrogens is 423 g/mol. The zero-order valence-electron chi connectivity index (χ0n) is 13.1. The van der Waals surface area contributed by atoms with Gasteiger partial charge in [-0.3, -0.25) is 4.90 Å². The first-order valence-corrected chi connectivity index (χ1v) is 8.87. The fourth-order valence-corrected chi connectivity index (χ4v) is 4.44. The van der Waals surface area contributed by atoms with Gasteiger partial charge in [0.25, 0.3) is 0 Å². The van der Waals surface area contributed by atoms with Crippen LogP contribution in [0.4, 0.5) is 18.9 Å². The molecule has 25 heavy (non-hydrogen) atoms. The standard InChI is InChI=1S/C15H16BrClF3N5/c16-9-6-8(15(18,19)20)7-10(17)11(9)25-13(22)23-12(21)24-14(25)4-2-1-3-5-14/h6-7H,1-5H2,(H4,21,22,23,24). The molecule has 1 aliphatic heterocycles. The van der Waals surface area contributed by atoms with Crippen molar-refractivity contribution in [2.45, 2.75) is 43.9 Å². The molecule has 5 nitrogen and oxygen atoms in total. The number of guanidine groups is 2. The Balaban J connectivity index is 2.15. The van der Waals surface area contributed by atoms with Crippen LogP contribution in [0.2, 0.25) is 5.02 Å². The maximum absolute atomic E-state index is 13.0. The van der Waals surface area contributed by atoms with E-state index in [-0.39, 0.29) is 21.4 Å². The lowest BCUT2D eigenvalue weighted by Crippen LogP contribution is -2.58. The van der Waals surface area contributed by atoms with Gasteiger partial charge in [-0.05, 0) is 53.7 Å². The molecular formula is C15H16BrClF3N5. The fraction of sp³-hybridized carbons (Fsp3) is 0.467. The number of nitrogens with two attached hydrogens (primary N) is 2. The number of anilines is 1. The second-order valence-electron chi connectivity index (χ2n) is 6.10. The number of alkyl halides is 3. The molecule has 10 heteroatoms. The molecule has 1 saturated carbocycles. The lowest BCUT2D eigenvalue weighted by Gasteiger charge is -2.46. The highest BCUT2D eigenvalue weighted by molar-refractivity contribution is 9.10. The van der Waals surface area contributed by atoms with Crippen LogP contribution in [0.5, 0.6) is 0 Å². The van der Waals surface area contributed by atoms with E-state index in [2.05, 4.69) is 25.9 Å². The van der Waals surface area contributed by atoms with E-state index < -0.39 is 17.4 Å². The summed E-state index contributed by atoms with van der Waals surface area (Å²) in [6.45, 7) is 0. The molecule has 1 heterocycles. The lowest BCUT2D eigenvalue weighted by atomic mass is 9.87. The third-order valence-corrected chi connectivity index (χ3v) is 5.31. The van der Waals surface area contributed by atoms with Crippen LogP contribution in [0.1, 0.15) is 37.7 Å². The summed E-state index contributed by atoms with van der Waals surface area (Å²) in [5, 5.41) is -0.0829. The molecule has 1 aromatic rings. The van der Waals surface area contributed by atoms with E-state index in [9.17, 15) is 13.2 Å². The zero-order chi connectivity index (χ0) is 18.4. The topological polar surface area (TPSA) is 80.0 Å². The van der Waals surface area contributed by atoms with Crippen LogP contribution < -0.4 is 16.4 Å². The molecule has 0 unspecified atom stereocenters. The minimum atomic E-state index is -4.50. The predicted molar refractivity (Wildman–Crippen MR) is 95.7 cm³/mol. The monoisotopic (exact) mass is 437 g/mol. The van der Waals surface area contributed by atoms with Gasteiger partial charge in [0.1, 0.15) is 5.66 Å². The van der Waals surface area contributed by atoms with E-state index in [0.29, 0.717) is 18.5 Å². The van der Waals surface area contributed by atoms with Crippen LogP contribution in [0.3, 0.4) is 0 Å². The molecule has 0 radical (unpaired) electrons. The largest absolute Gasteiger partial charge is 0.416 e. The molecule has 0 aromatic heterocycles. The maximum atomic E-state index is 13.0. The lowest BCUT2D eigenvalue weighted by molar-refractivity contribution is -0.137. The highest BCUT2D eigenvalue weighted by Gasteiger charge is 2.44. The first kappa shape index (κ1) is 18.3. The van der Waals surface area contributed by atoms with Crippen LogP contribution in [0.25, 0.3) is 0 Å². The Morgan fingerprint density at radius 3 is 2.36 bits per heavy atom. The average molecular weight is 439 g/mol. The van der Waals surface area contributed by atoms with Gasteiger partial charge in [-0.1, -0.05) is 18.0 Å². The van der Waals surface area contributed by atoms with Gasteiger partial charge in [-0.15, -0.1) is 0 Å². The van der Waals surface area contributed by atoms with Crippen molar-refractivity contribution in [1.29, 1.82) is 0 Å². The van der Waals surface area contributed by atoms with Gasteiger partial charge in [0.15, 0.2) is 0 Å². The zero-order valence-corrected chi connectivity index (χ0v) is 15.4. The number of hydrogen-bond acceptors (Lipinski definition) is 5. The number of nitrogens with zero attached hydrogens (tertiary/aromatic N) is 3. The maximum Gasteiger partial charge on any atom is 0.416 e. The smallest absolute Gasteiger partial charge is 0.369 e. The van der Waals surface area contributed by atoms with Crippen molar-refractivity contribution in [3.63, 3.8) is 0 Å². The predicted octanol–water partition coefficient (Wildman–Crippen LogP) is 4.23. The summed E-state index contributed by atoms with van der Waals surface area (Å²) in [6.07, 6.45) is -0.338. The van der Waals surface area contributed by atoms with Gasteiger partial charge in [-0.2, -0.15) is 18.2 Å². The molecule has 136 valence electrons. The van der Waals surface area contributed by atoms with Gasteiger partial charge in [-0.25, -0.2) is 4.99 Å². The molecule has 1 aromatic carbocycles. The van der Waals surface area contributed by atoms with E-state index in [1.807, 2.05) is 0 Å². The van der Waals surface area contributed by atoms with Gasteiger partial charge in [0.05, 0.1) is 16.3 Å². The first-order valence-electron chi connectivity index (χ1n) is 7.70. The third-order valence-electron chi connectivity index (χ3n) is 4.42. The molecule has 1 aliphatic carbocycles. The van der Waals surface area contributed by atoms with E-state index >= 15 is 0 Å². The van der Waals surface area contributed by atoms with E-state index in [4.69, 9.17) is 23.1 Å². The number of halogens is 5. The minimum Gasteiger partial charge on any atom is -0.369 e. The van der Waals surface area contributed by atoms with Crippen LogP contribution in [-0.4, -0.2) is 17.6 Å². The van der Waals surface area contributed by atoms with Gasteiger partial charge in [0.2, 0.25) is 11.9 Å². The quantitative estimate of drug-likeness (QED) is 0.688. The van der Waals surface area contributed by atoms with Crippen molar-refractivity contribution < 1.29 is 13.2 Å². The second kappa shape index (κ2) is 6.35. The number of aliphatic imine (C=N–C) groups is 2. The summed E-state index contributed by atoms with van der Waals surface area (Å²) in [5.41, 5.74) is 10.6. The number of benzene rings is 1. The van der Waals surface area contributed by atoms with E-state index in [1.165, 1.54) is 0 Å². The summed E-state index contributed by atoms with van der Waals surface area (Å²) in [6, 6.07) is 1.86. The summed E-state index contributed by atoms with van der Waals surface area (Å²) in [7, 11) is 0. The molecule has 0 amide bonds. The minimum absolute atomic E-state index is 0.0646. The van der Waals surface area contributed by atoms with Crippen LogP contribution >= 0.6 is 27.5 Å².